The maximum absolute atomic E-state index is 12.6. The maximum Gasteiger partial charge on any atom is 0.471 e. The summed E-state index contributed by atoms with van der Waals surface area (Å²) in [5.41, 5.74) is 1.03. The van der Waals surface area contributed by atoms with Crippen molar-refractivity contribution in [2.24, 2.45) is 5.41 Å². The average molecular weight is 299 g/mol. The molecule has 1 spiro atoms. The van der Waals surface area contributed by atoms with E-state index in [9.17, 15) is 22.8 Å². The fraction of sp³-hybridized carbons (Fsp3) is 0.467. The van der Waals surface area contributed by atoms with Gasteiger partial charge in [-0.2, -0.15) is 13.2 Å². The molecule has 1 aliphatic carbocycles. The molecule has 0 aromatic rings. The van der Waals surface area contributed by atoms with E-state index in [1.807, 2.05) is 6.92 Å². The van der Waals surface area contributed by atoms with Crippen molar-refractivity contribution < 1.29 is 22.8 Å². The van der Waals surface area contributed by atoms with E-state index in [2.05, 4.69) is 0 Å². The molecule has 1 heterocycles. The quantitative estimate of drug-likeness (QED) is 0.645. The molecule has 3 nitrogen and oxygen atoms in total. The number of hydrogen-bond acceptors (Lipinski definition) is 2. The molecule has 21 heavy (non-hydrogen) atoms. The summed E-state index contributed by atoms with van der Waals surface area (Å²) in [6, 6.07) is 0. The highest BCUT2D eigenvalue weighted by atomic mass is 19.4. The topological polar surface area (TPSA) is 37.4 Å². The van der Waals surface area contributed by atoms with Crippen molar-refractivity contribution in [3.63, 3.8) is 0 Å². The molecule has 1 aliphatic heterocycles. The molecule has 0 saturated carbocycles. The van der Waals surface area contributed by atoms with Crippen LogP contribution in [-0.2, 0) is 9.59 Å². The summed E-state index contributed by atoms with van der Waals surface area (Å²) in [5.74, 6) is -1.95. The molecule has 6 heteroatoms. The van der Waals surface area contributed by atoms with Crippen molar-refractivity contribution in [2.45, 2.75) is 26.4 Å². The molecular formula is C15H16F3NO2. The van der Waals surface area contributed by atoms with Crippen LogP contribution in [0.1, 0.15) is 20.3 Å². The minimum absolute atomic E-state index is 0.00407. The van der Waals surface area contributed by atoms with Gasteiger partial charge in [0.2, 0.25) is 0 Å². The number of amides is 1. The van der Waals surface area contributed by atoms with Gasteiger partial charge in [-0.05, 0) is 32.4 Å². The van der Waals surface area contributed by atoms with Gasteiger partial charge in [-0.1, -0.05) is 23.3 Å². The second-order valence-corrected chi connectivity index (χ2v) is 5.49. The summed E-state index contributed by atoms with van der Waals surface area (Å²) in [4.78, 5) is 23.5. The zero-order valence-electron chi connectivity index (χ0n) is 11.8. The third-order valence-corrected chi connectivity index (χ3v) is 4.18. The Labute approximate surface area is 120 Å². The summed E-state index contributed by atoms with van der Waals surface area (Å²) in [6.07, 6.45) is 1.76. The van der Waals surface area contributed by atoms with Gasteiger partial charge in [0.25, 0.3) is 0 Å². The lowest BCUT2D eigenvalue weighted by atomic mass is 9.74. The summed E-state index contributed by atoms with van der Waals surface area (Å²) in [6.45, 7) is 3.51. The Hall–Kier alpha value is -1.85. The highest BCUT2D eigenvalue weighted by molar-refractivity contribution is 6.00. The normalized spacial score (nSPS) is 22.0. The number of nitrogens with zero attached hydrogens (tertiary/aromatic N) is 1. The first-order valence-electron chi connectivity index (χ1n) is 6.61. The lowest BCUT2D eigenvalue weighted by Crippen LogP contribution is -2.42. The number of rotatable bonds is 0. The van der Waals surface area contributed by atoms with Crippen molar-refractivity contribution >= 4 is 11.7 Å². The van der Waals surface area contributed by atoms with E-state index in [1.54, 1.807) is 19.1 Å². The van der Waals surface area contributed by atoms with Gasteiger partial charge >= 0.3 is 12.1 Å². The van der Waals surface area contributed by atoms with Crippen LogP contribution in [0.15, 0.2) is 35.5 Å². The van der Waals surface area contributed by atoms with Crippen molar-refractivity contribution in [2.75, 3.05) is 13.1 Å². The number of carbonyl (C=O) groups excluding carboxylic acids is 2. The van der Waals surface area contributed by atoms with Crippen molar-refractivity contribution in [3.05, 3.63) is 35.5 Å². The molecule has 0 aromatic heterocycles. The van der Waals surface area contributed by atoms with E-state index in [0.717, 1.165) is 10.5 Å². The first-order chi connectivity index (χ1) is 9.66. The molecule has 1 amide bonds. The fourth-order valence-corrected chi connectivity index (χ4v) is 2.73. The lowest BCUT2D eigenvalue weighted by molar-refractivity contribution is -0.185. The van der Waals surface area contributed by atoms with Crippen LogP contribution >= 0.6 is 0 Å². The van der Waals surface area contributed by atoms with E-state index in [-0.39, 0.29) is 18.9 Å². The monoisotopic (exact) mass is 299 g/mol. The summed E-state index contributed by atoms with van der Waals surface area (Å²) >= 11 is 0. The van der Waals surface area contributed by atoms with Crippen LogP contribution < -0.4 is 0 Å². The molecule has 0 bridgehead atoms. The number of allylic oxidation sites excluding steroid dienone is 5. The average Bonchev–Trinajstić information content (AvgIpc) is 2.53. The minimum Gasteiger partial charge on any atom is -0.331 e. The standard InChI is InChI=1S/C15H16F3NO2/c1-10-9-19(13(21)15(16,17)18)8-7-14(11(10)2)5-3-12(20)4-6-14/h3-6H,7-9H2,1-2H3. The maximum atomic E-state index is 12.6. The van der Waals surface area contributed by atoms with Gasteiger partial charge in [-0.15, -0.1) is 0 Å². The molecule has 0 N–H and O–H groups in total. The molecular weight excluding hydrogens is 283 g/mol. The Morgan fingerprint density at radius 1 is 1.24 bits per heavy atom. The van der Waals surface area contributed by atoms with Crippen LogP contribution in [0.5, 0.6) is 0 Å². The molecule has 0 atom stereocenters. The van der Waals surface area contributed by atoms with E-state index in [1.165, 1.54) is 12.2 Å². The Bertz CT molecular complexity index is 554. The van der Waals surface area contributed by atoms with E-state index in [4.69, 9.17) is 0 Å². The first-order valence-corrected chi connectivity index (χ1v) is 6.61. The van der Waals surface area contributed by atoms with Gasteiger partial charge in [0.1, 0.15) is 0 Å². The van der Waals surface area contributed by atoms with Crippen LogP contribution in [0, 0.1) is 5.41 Å². The zero-order chi connectivity index (χ0) is 15.8. The zero-order valence-corrected chi connectivity index (χ0v) is 11.8. The van der Waals surface area contributed by atoms with Gasteiger partial charge in [-0.3, -0.25) is 9.59 Å². The number of halogens is 3. The lowest BCUT2D eigenvalue weighted by Gasteiger charge is -2.30. The van der Waals surface area contributed by atoms with Crippen molar-refractivity contribution in [3.8, 4) is 0 Å². The van der Waals surface area contributed by atoms with Gasteiger partial charge in [0, 0.05) is 18.5 Å². The second kappa shape index (κ2) is 5.16. The van der Waals surface area contributed by atoms with Crippen molar-refractivity contribution in [1.82, 2.24) is 4.90 Å². The van der Waals surface area contributed by atoms with Crippen LogP contribution in [0.25, 0.3) is 0 Å². The number of carbonyl (C=O) groups is 2. The Morgan fingerprint density at radius 2 is 1.81 bits per heavy atom. The molecule has 0 aromatic carbocycles. The number of ketones is 1. The van der Waals surface area contributed by atoms with E-state index < -0.39 is 17.5 Å². The van der Waals surface area contributed by atoms with Crippen LogP contribution in [0.2, 0.25) is 0 Å². The van der Waals surface area contributed by atoms with Crippen LogP contribution in [0.3, 0.4) is 0 Å². The van der Waals surface area contributed by atoms with Gasteiger partial charge in [0.05, 0.1) is 0 Å². The highest BCUT2D eigenvalue weighted by Crippen LogP contribution is 2.41. The summed E-state index contributed by atoms with van der Waals surface area (Å²) < 4.78 is 37.8. The van der Waals surface area contributed by atoms with Gasteiger partial charge in [-0.25, -0.2) is 0 Å². The Morgan fingerprint density at radius 3 is 2.33 bits per heavy atom. The predicted molar refractivity (Wildman–Crippen MR) is 71.3 cm³/mol. The first kappa shape index (κ1) is 15.5. The molecule has 0 unspecified atom stereocenters. The molecule has 0 saturated heterocycles. The molecule has 0 fully saturated rings. The third kappa shape index (κ3) is 2.94. The van der Waals surface area contributed by atoms with Crippen molar-refractivity contribution in [1.29, 1.82) is 0 Å². The number of hydrogen-bond donors (Lipinski definition) is 0. The van der Waals surface area contributed by atoms with E-state index in [0.29, 0.717) is 12.0 Å². The SMILES string of the molecule is CC1=C(C)C2(C=CC(=O)C=C2)CCN(C(=O)C(F)(F)F)C1. The molecule has 114 valence electrons. The fourth-order valence-electron chi connectivity index (χ4n) is 2.73. The molecule has 2 aliphatic rings. The molecule has 0 radical (unpaired) electrons. The highest BCUT2D eigenvalue weighted by Gasteiger charge is 2.44. The summed E-state index contributed by atoms with van der Waals surface area (Å²) in [7, 11) is 0. The summed E-state index contributed by atoms with van der Waals surface area (Å²) in [5, 5.41) is 0. The Kier molecular flexibility index (Phi) is 3.82. The molecule has 2 rings (SSSR count). The van der Waals surface area contributed by atoms with Crippen LogP contribution in [-0.4, -0.2) is 35.9 Å². The Balaban J connectivity index is 2.32. The smallest absolute Gasteiger partial charge is 0.331 e. The minimum atomic E-state index is -4.86. The second-order valence-electron chi connectivity index (χ2n) is 5.49. The number of alkyl halides is 3. The third-order valence-electron chi connectivity index (χ3n) is 4.18. The van der Waals surface area contributed by atoms with Crippen LogP contribution in [0.4, 0.5) is 13.2 Å². The van der Waals surface area contributed by atoms with Gasteiger partial charge in [0.15, 0.2) is 5.78 Å². The van der Waals surface area contributed by atoms with E-state index >= 15 is 0 Å². The predicted octanol–water partition coefficient (Wildman–Crippen LogP) is 2.80. The largest absolute Gasteiger partial charge is 0.471 e. The van der Waals surface area contributed by atoms with Gasteiger partial charge < -0.3 is 4.90 Å².